The van der Waals surface area contributed by atoms with Crippen molar-refractivity contribution in [1.29, 1.82) is 0 Å². The Morgan fingerprint density at radius 3 is 2.27 bits per heavy atom. The summed E-state index contributed by atoms with van der Waals surface area (Å²) in [5.74, 6) is 0.257. The molecule has 2 aromatic rings. The lowest BCUT2D eigenvalue weighted by Crippen LogP contribution is -2.34. The summed E-state index contributed by atoms with van der Waals surface area (Å²) in [5, 5.41) is 8.13. The number of alkyl carbamates (subject to hydrolysis) is 1. The van der Waals surface area contributed by atoms with Crippen LogP contribution in [0.4, 0.5) is 10.5 Å². The monoisotopic (exact) mass is 455 g/mol. The minimum Gasteiger partial charge on any atom is -0.483 e. The van der Waals surface area contributed by atoms with Crippen molar-refractivity contribution >= 4 is 23.6 Å². The smallest absolute Gasteiger partial charge is 0.407 e. The third-order valence-corrected chi connectivity index (χ3v) is 4.66. The average Bonchev–Trinajstić information content (AvgIpc) is 2.73. The van der Waals surface area contributed by atoms with Crippen LogP contribution in [0.15, 0.2) is 42.5 Å². The number of hydrogen-bond donors (Lipinski definition) is 3. The number of nitrogens with one attached hydrogen (secondary N) is 3. The van der Waals surface area contributed by atoms with Crippen molar-refractivity contribution in [2.24, 2.45) is 0 Å². The maximum atomic E-state index is 12.1. The van der Waals surface area contributed by atoms with Crippen LogP contribution in [0, 0.1) is 13.8 Å². The molecule has 3 amide bonds. The highest BCUT2D eigenvalue weighted by Gasteiger charge is 2.16. The van der Waals surface area contributed by atoms with Gasteiger partial charge in [-0.25, -0.2) is 4.79 Å². The molecule has 0 bridgehead atoms. The number of amides is 3. The molecule has 0 fully saturated rings. The molecule has 0 aliphatic rings. The molecule has 33 heavy (non-hydrogen) atoms. The molecule has 0 saturated heterocycles. The second-order valence-electron chi connectivity index (χ2n) is 8.69. The van der Waals surface area contributed by atoms with Gasteiger partial charge in [0.1, 0.15) is 11.4 Å². The lowest BCUT2D eigenvalue weighted by atomic mass is 10.1. The van der Waals surface area contributed by atoms with E-state index in [1.807, 2.05) is 44.2 Å². The van der Waals surface area contributed by atoms with E-state index in [1.165, 1.54) is 0 Å². The van der Waals surface area contributed by atoms with E-state index < -0.39 is 11.7 Å². The molecule has 8 nitrogen and oxygen atoms in total. The first-order chi connectivity index (χ1) is 15.5. The Morgan fingerprint density at radius 1 is 0.909 bits per heavy atom. The number of carbonyl (C=O) groups is 3. The fourth-order valence-electron chi connectivity index (χ4n) is 2.80. The molecule has 3 N–H and O–H groups in total. The predicted octanol–water partition coefficient (Wildman–Crippen LogP) is 3.85. The van der Waals surface area contributed by atoms with E-state index in [1.54, 1.807) is 32.9 Å². The molecule has 8 heteroatoms. The molecule has 0 aromatic heterocycles. The van der Waals surface area contributed by atoms with Crippen molar-refractivity contribution in [3.63, 3.8) is 0 Å². The largest absolute Gasteiger partial charge is 0.483 e. The van der Waals surface area contributed by atoms with Gasteiger partial charge >= 0.3 is 6.09 Å². The highest BCUT2D eigenvalue weighted by molar-refractivity contribution is 5.91. The van der Waals surface area contributed by atoms with Crippen molar-refractivity contribution < 1.29 is 23.9 Å². The molecule has 0 unspecified atom stereocenters. The van der Waals surface area contributed by atoms with Crippen molar-refractivity contribution in [3.05, 3.63) is 59.2 Å². The van der Waals surface area contributed by atoms with Crippen molar-refractivity contribution in [2.45, 2.75) is 53.2 Å². The summed E-state index contributed by atoms with van der Waals surface area (Å²) in [5.41, 5.74) is 3.06. The first kappa shape index (κ1) is 25.7. The lowest BCUT2D eigenvalue weighted by Gasteiger charge is -2.19. The van der Waals surface area contributed by atoms with E-state index in [9.17, 15) is 14.4 Å². The van der Waals surface area contributed by atoms with Crippen molar-refractivity contribution in [3.8, 4) is 5.75 Å². The highest BCUT2D eigenvalue weighted by atomic mass is 16.6. The number of aryl methyl sites for hydroxylation is 1. The minimum atomic E-state index is -0.583. The van der Waals surface area contributed by atoms with Crippen LogP contribution in [0.5, 0.6) is 5.75 Å². The molecule has 0 spiro atoms. The Hall–Kier alpha value is -3.55. The fourth-order valence-corrected chi connectivity index (χ4v) is 2.80. The van der Waals surface area contributed by atoms with Crippen molar-refractivity contribution in [1.82, 2.24) is 10.6 Å². The molecule has 2 aromatic carbocycles. The van der Waals surface area contributed by atoms with E-state index in [0.717, 1.165) is 16.7 Å². The molecule has 0 radical (unpaired) electrons. The van der Waals surface area contributed by atoms with Crippen LogP contribution in [-0.4, -0.2) is 36.7 Å². The normalized spacial score (nSPS) is 10.8. The molecule has 178 valence electrons. The van der Waals surface area contributed by atoms with Gasteiger partial charge in [-0.05, 0) is 69.5 Å². The van der Waals surface area contributed by atoms with Gasteiger partial charge in [0.05, 0.1) is 0 Å². The standard InChI is InChI=1S/C25H33N3O5/c1-17-7-6-8-21(18(17)2)32-16-23(30)27-15-19-9-11-20(12-10-19)28-22(29)13-14-26-24(31)33-25(3,4)5/h6-12H,13-16H2,1-5H3,(H,26,31)(H,27,30)(H,28,29). The Morgan fingerprint density at radius 2 is 1.61 bits per heavy atom. The van der Waals surface area contributed by atoms with Gasteiger partial charge in [0, 0.05) is 25.2 Å². The van der Waals surface area contributed by atoms with Gasteiger partial charge < -0.3 is 25.4 Å². The first-order valence-corrected chi connectivity index (χ1v) is 10.8. The summed E-state index contributed by atoms with van der Waals surface area (Å²) in [6, 6.07) is 12.9. The third-order valence-electron chi connectivity index (χ3n) is 4.66. The summed E-state index contributed by atoms with van der Waals surface area (Å²) in [6.07, 6.45) is -0.432. The lowest BCUT2D eigenvalue weighted by molar-refractivity contribution is -0.123. The average molecular weight is 456 g/mol. The van der Waals surface area contributed by atoms with Crippen LogP contribution in [-0.2, 0) is 20.9 Å². The summed E-state index contributed by atoms with van der Waals surface area (Å²) >= 11 is 0. The maximum absolute atomic E-state index is 12.1. The number of benzene rings is 2. The maximum Gasteiger partial charge on any atom is 0.407 e. The number of anilines is 1. The van der Waals surface area contributed by atoms with Gasteiger partial charge in [-0.2, -0.15) is 0 Å². The quantitative estimate of drug-likeness (QED) is 0.533. The van der Waals surface area contributed by atoms with Gasteiger partial charge in [-0.3, -0.25) is 9.59 Å². The van der Waals surface area contributed by atoms with Gasteiger partial charge in [0.25, 0.3) is 5.91 Å². The minimum absolute atomic E-state index is 0.0598. The van der Waals surface area contributed by atoms with E-state index in [-0.39, 0.29) is 31.4 Å². The van der Waals surface area contributed by atoms with E-state index >= 15 is 0 Å². The van der Waals surface area contributed by atoms with E-state index in [0.29, 0.717) is 18.0 Å². The second kappa shape index (κ2) is 11.9. The van der Waals surface area contributed by atoms with Crippen LogP contribution < -0.4 is 20.7 Å². The van der Waals surface area contributed by atoms with Gasteiger partial charge in [0.2, 0.25) is 5.91 Å². The molecule has 0 aliphatic carbocycles. The Labute approximate surface area is 195 Å². The zero-order chi connectivity index (χ0) is 24.4. The number of carbonyl (C=O) groups excluding carboxylic acids is 3. The number of rotatable bonds is 9. The predicted molar refractivity (Wildman–Crippen MR) is 127 cm³/mol. The Bertz CT molecular complexity index is 965. The SMILES string of the molecule is Cc1cccc(OCC(=O)NCc2ccc(NC(=O)CCNC(=O)OC(C)(C)C)cc2)c1C. The Kier molecular flexibility index (Phi) is 9.27. The fraction of sp³-hybridized carbons (Fsp3) is 0.400. The second-order valence-corrected chi connectivity index (χ2v) is 8.69. The van der Waals surface area contributed by atoms with Gasteiger partial charge in [-0.1, -0.05) is 24.3 Å². The summed E-state index contributed by atoms with van der Waals surface area (Å²) < 4.78 is 10.7. The summed E-state index contributed by atoms with van der Waals surface area (Å²) in [4.78, 5) is 35.7. The molecular weight excluding hydrogens is 422 g/mol. The molecule has 0 atom stereocenters. The molecule has 2 rings (SSSR count). The topological polar surface area (TPSA) is 106 Å². The Balaban J connectivity index is 1.69. The summed E-state index contributed by atoms with van der Waals surface area (Å²) in [6.45, 7) is 9.74. The zero-order valence-electron chi connectivity index (χ0n) is 19.9. The highest BCUT2D eigenvalue weighted by Crippen LogP contribution is 2.20. The first-order valence-electron chi connectivity index (χ1n) is 10.8. The van der Waals surface area contributed by atoms with Crippen LogP contribution in [0.2, 0.25) is 0 Å². The summed E-state index contributed by atoms with van der Waals surface area (Å²) in [7, 11) is 0. The van der Waals surface area contributed by atoms with E-state index in [2.05, 4.69) is 16.0 Å². The van der Waals surface area contributed by atoms with E-state index in [4.69, 9.17) is 9.47 Å². The third kappa shape index (κ3) is 9.64. The molecule has 0 saturated carbocycles. The zero-order valence-corrected chi connectivity index (χ0v) is 19.9. The molecular formula is C25H33N3O5. The van der Waals surface area contributed by atoms with Crippen LogP contribution >= 0.6 is 0 Å². The number of hydrogen-bond acceptors (Lipinski definition) is 5. The van der Waals surface area contributed by atoms with Gasteiger partial charge in [0.15, 0.2) is 6.61 Å². The molecule has 0 aliphatic heterocycles. The van der Waals surface area contributed by atoms with Crippen LogP contribution in [0.1, 0.15) is 43.9 Å². The van der Waals surface area contributed by atoms with Crippen molar-refractivity contribution in [2.75, 3.05) is 18.5 Å². The van der Waals surface area contributed by atoms with Crippen LogP contribution in [0.25, 0.3) is 0 Å². The number of ether oxygens (including phenoxy) is 2. The van der Waals surface area contributed by atoms with Crippen LogP contribution in [0.3, 0.4) is 0 Å². The van der Waals surface area contributed by atoms with Gasteiger partial charge in [-0.15, -0.1) is 0 Å². The molecule has 0 heterocycles.